The molecule has 7 nitrogen and oxygen atoms in total. The van der Waals surface area contributed by atoms with Crippen molar-refractivity contribution in [3.63, 3.8) is 0 Å². The van der Waals surface area contributed by atoms with Gasteiger partial charge in [-0.05, 0) is 49.4 Å². The zero-order chi connectivity index (χ0) is 23.8. The van der Waals surface area contributed by atoms with E-state index in [2.05, 4.69) is 11.1 Å². The van der Waals surface area contributed by atoms with Crippen LogP contribution in [0.3, 0.4) is 0 Å². The summed E-state index contributed by atoms with van der Waals surface area (Å²) in [5.41, 5.74) is 3.09. The summed E-state index contributed by atoms with van der Waals surface area (Å²) in [5, 5.41) is 18.7. The first kappa shape index (κ1) is 24.1. The number of pyridine rings is 1. The highest BCUT2D eigenvalue weighted by molar-refractivity contribution is 6.09. The second kappa shape index (κ2) is 11.3. The third kappa shape index (κ3) is 6.24. The molecule has 0 atom stereocenters. The number of rotatable bonds is 12. The van der Waals surface area contributed by atoms with Gasteiger partial charge in [-0.3, -0.25) is 9.59 Å². The number of halogens is 1. The van der Waals surface area contributed by atoms with Crippen molar-refractivity contribution in [3.8, 4) is 6.07 Å². The Balaban J connectivity index is 1.68. The molecule has 0 fully saturated rings. The topological polar surface area (TPSA) is 105 Å². The molecule has 0 saturated carbocycles. The maximum Gasteiger partial charge on any atom is 0.303 e. The lowest BCUT2D eigenvalue weighted by atomic mass is 9.99. The Bertz CT molecular complexity index is 1200. The Kier molecular flexibility index (Phi) is 8.28. The third-order valence-electron chi connectivity index (χ3n) is 5.46. The maximum absolute atomic E-state index is 13.2. The molecule has 0 spiro atoms. The highest BCUT2D eigenvalue weighted by Gasteiger charge is 2.22. The van der Waals surface area contributed by atoms with E-state index >= 15 is 0 Å². The van der Waals surface area contributed by atoms with Crippen LogP contribution in [0.1, 0.15) is 59.3 Å². The average molecular weight is 451 g/mol. The maximum atomic E-state index is 13.2. The van der Waals surface area contributed by atoms with Crippen LogP contribution in [-0.4, -0.2) is 33.0 Å². The number of carboxylic acid groups (broad SMARTS) is 1. The summed E-state index contributed by atoms with van der Waals surface area (Å²) in [4.78, 5) is 28.2. The molecule has 0 unspecified atom stereocenters. The Hall–Kier alpha value is -3.57. The Morgan fingerprint density at radius 1 is 1.21 bits per heavy atom. The van der Waals surface area contributed by atoms with Crippen molar-refractivity contribution in [3.05, 3.63) is 64.7 Å². The summed E-state index contributed by atoms with van der Waals surface area (Å²) in [7, 11) is 1.84. The van der Waals surface area contributed by atoms with Gasteiger partial charge < -0.3 is 14.4 Å². The summed E-state index contributed by atoms with van der Waals surface area (Å²) >= 11 is 0. The van der Waals surface area contributed by atoms with Gasteiger partial charge in [-0.2, -0.15) is 5.26 Å². The molecule has 0 aliphatic heterocycles. The lowest BCUT2D eigenvalue weighted by molar-refractivity contribution is -0.137. The van der Waals surface area contributed by atoms with Gasteiger partial charge >= 0.3 is 5.97 Å². The predicted molar refractivity (Wildman–Crippen MR) is 120 cm³/mol. The average Bonchev–Trinajstić information content (AvgIpc) is 3.06. The molecule has 3 aromatic rings. The standard InChI is InChI=1S/C25H26FN3O4/c1-29-21(8-2-3-11-33-16-17-6-4-7-19(26)12-17)24(22(30)9-5-10-23(31)32)20-13-18(14-27)15-28-25(20)29/h4,6-7,12-13,15H,2-3,5,8-11,16H2,1H3,(H,31,32). The van der Waals surface area contributed by atoms with Crippen molar-refractivity contribution < 1.29 is 23.8 Å². The van der Waals surface area contributed by atoms with Crippen LogP contribution >= 0.6 is 0 Å². The number of carbonyl (C=O) groups excluding carboxylic acids is 1. The molecular formula is C25H26FN3O4. The van der Waals surface area contributed by atoms with Crippen molar-refractivity contribution in [1.82, 2.24) is 9.55 Å². The van der Waals surface area contributed by atoms with Crippen LogP contribution in [0, 0.1) is 17.1 Å². The minimum atomic E-state index is -0.937. The van der Waals surface area contributed by atoms with E-state index in [0.717, 1.165) is 24.1 Å². The number of hydrogen-bond acceptors (Lipinski definition) is 5. The number of carboxylic acids is 1. The SMILES string of the molecule is Cn1c(CCCCOCc2cccc(F)c2)c(C(=O)CCCC(=O)O)c2cc(C#N)cnc21. The van der Waals surface area contributed by atoms with Crippen LogP contribution in [0.25, 0.3) is 11.0 Å². The van der Waals surface area contributed by atoms with Crippen LogP contribution in [0.4, 0.5) is 4.39 Å². The van der Waals surface area contributed by atoms with Gasteiger partial charge in [0.2, 0.25) is 0 Å². The summed E-state index contributed by atoms with van der Waals surface area (Å²) in [6.45, 7) is 0.832. The van der Waals surface area contributed by atoms with Gasteiger partial charge in [-0.15, -0.1) is 0 Å². The van der Waals surface area contributed by atoms with Gasteiger partial charge in [-0.1, -0.05) is 12.1 Å². The molecule has 2 aromatic heterocycles. The number of ketones is 1. The fraction of sp³-hybridized carbons (Fsp3) is 0.360. The summed E-state index contributed by atoms with van der Waals surface area (Å²) < 4.78 is 20.8. The molecular weight excluding hydrogens is 425 g/mol. The number of nitrogens with zero attached hydrogens (tertiary/aromatic N) is 3. The van der Waals surface area contributed by atoms with E-state index in [1.54, 1.807) is 12.1 Å². The van der Waals surface area contributed by atoms with E-state index < -0.39 is 5.97 Å². The quantitative estimate of drug-likeness (QED) is 0.320. The van der Waals surface area contributed by atoms with Gasteiger partial charge in [-0.25, -0.2) is 9.37 Å². The number of benzene rings is 1. The number of hydrogen-bond donors (Lipinski definition) is 1. The van der Waals surface area contributed by atoms with Gasteiger partial charge in [0.15, 0.2) is 5.78 Å². The van der Waals surface area contributed by atoms with E-state index in [-0.39, 0.29) is 30.9 Å². The first-order valence-corrected chi connectivity index (χ1v) is 10.8. The van der Waals surface area contributed by atoms with E-state index in [1.165, 1.54) is 18.3 Å². The van der Waals surface area contributed by atoms with Crippen LogP contribution in [0.5, 0.6) is 0 Å². The number of aryl methyl sites for hydroxylation is 1. The van der Waals surface area contributed by atoms with Gasteiger partial charge in [0, 0.05) is 49.3 Å². The second-order valence-electron chi connectivity index (χ2n) is 7.90. The van der Waals surface area contributed by atoms with Gasteiger partial charge in [0.05, 0.1) is 12.2 Å². The molecule has 8 heteroatoms. The minimum absolute atomic E-state index is 0.0732. The second-order valence-corrected chi connectivity index (χ2v) is 7.90. The van der Waals surface area contributed by atoms with Gasteiger partial charge in [0.1, 0.15) is 17.5 Å². The Morgan fingerprint density at radius 3 is 2.76 bits per heavy atom. The van der Waals surface area contributed by atoms with Gasteiger partial charge in [0.25, 0.3) is 0 Å². The molecule has 0 radical (unpaired) electrons. The number of Topliss-reactive ketones (excluding diaryl/α,β-unsaturated/α-hetero) is 1. The summed E-state index contributed by atoms with van der Waals surface area (Å²) in [6.07, 6.45) is 3.89. The molecule has 0 bridgehead atoms. The Morgan fingerprint density at radius 2 is 2.03 bits per heavy atom. The number of aromatic nitrogens is 2. The van der Waals surface area contributed by atoms with Crippen LogP contribution in [0.2, 0.25) is 0 Å². The van der Waals surface area contributed by atoms with E-state index in [9.17, 15) is 19.2 Å². The van der Waals surface area contributed by atoms with Crippen molar-refractivity contribution in [2.24, 2.45) is 7.05 Å². The first-order valence-electron chi connectivity index (χ1n) is 10.8. The monoisotopic (exact) mass is 451 g/mol. The molecule has 0 aliphatic carbocycles. The smallest absolute Gasteiger partial charge is 0.303 e. The number of nitriles is 1. The lowest BCUT2D eigenvalue weighted by Crippen LogP contribution is -2.07. The molecule has 0 aliphatic rings. The highest BCUT2D eigenvalue weighted by Crippen LogP contribution is 2.28. The highest BCUT2D eigenvalue weighted by atomic mass is 19.1. The number of unbranched alkanes of at least 4 members (excludes halogenated alkanes) is 1. The lowest BCUT2D eigenvalue weighted by Gasteiger charge is -2.08. The number of fused-ring (bicyclic) bond motifs is 1. The minimum Gasteiger partial charge on any atom is -0.481 e. The molecule has 3 rings (SSSR count). The molecule has 1 aromatic carbocycles. The van der Waals surface area contributed by atoms with Crippen LogP contribution < -0.4 is 0 Å². The zero-order valence-corrected chi connectivity index (χ0v) is 18.5. The Labute approximate surface area is 191 Å². The van der Waals surface area contributed by atoms with Crippen molar-refractivity contribution in [2.45, 2.75) is 45.1 Å². The van der Waals surface area contributed by atoms with Crippen molar-refractivity contribution in [2.75, 3.05) is 6.61 Å². The fourth-order valence-electron chi connectivity index (χ4n) is 3.86. The number of ether oxygens (including phenoxy) is 1. The molecule has 33 heavy (non-hydrogen) atoms. The summed E-state index contributed by atoms with van der Waals surface area (Å²) in [6, 6.07) is 10.0. The van der Waals surface area contributed by atoms with Crippen LogP contribution in [-0.2, 0) is 29.6 Å². The zero-order valence-electron chi connectivity index (χ0n) is 18.5. The van der Waals surface area contributed by atoms with Crippen molar-refractivity contribution >= 4 is 22.8 Å². The van der Waals surface area contributed by atoms with Crippen LogP contribution in [0.15, 0.2) is 36.5 Å². The van der Waals surface area contributed by atoms with Crippen molar-refractivity contribution in [1.29, 1.82) is 5.26 Å². The molecule has 0 saturated heterocycles. The summed E-state index contributed by atoms with van der Waals surface area (Å²) in [5.74, 6) is -1.37. The van der Waals surface area contributed by atoms with E-state index in [1.807, 2.05) is 17.7 Å². The van der Waals surface area contributed by atoms with E-state index in [0.29, 0.717) is 41.8 Å². The molecule has 2 heterocycles. The van der Waals surface area contributed by atoms with E-state index in [4.69, 9.17) is 9.84 Å². The largest absolute Gasteiger partial charge is 0.481 e. The molecule has 0 amide bonds. The first-order chi connectivity index (χ1) is 15.9. The number of carbonyl (C=O) groups is 2. The third-order valence-corrected chi connectivity index (χ3v) is 5.46. The molecule has 172 valence electrons. The molecule has 1 N–H and O–H groups in total. The number of aliphatic carboxylic acids is 1. The fourth-order valence-corrected chi connectivity index (χ4v) is 3.86. The predicted octanol–water partition coefficient (Wildman–Crippen LogP) is 4.56. The normalized spacial score (nSPS) is 10.9.